The molecule has 6 atom stereocenters. The van der Waals surface area contributed by atoms with Crippen molar-refractivity contribution in [2.75, 3.05) is 0 Å². The van der Waals surface area contributed by atoms with E-state index in [4.69, 9.17) is 14.2 Å². The van der Waals surface area contributed by atoms with Gasteiger partial charge in [0.1, 0.15) is 34.5 Å². The van der Waals surface area contributed by atoms with Crippen LogP contribution in [-0.4, -0.2) is 36.3 Å². The van der Waals surface area contributed by atoms with Gasteiger partial charge in [0.25, 0.3) is 0 Å². The Bertz CT molecular complexity index is 3240. The average molecular weight is 1150 g/mol. The number of para-hydroxylation sites is 3. The molecule has 9 heteroatoms. The predicted octanol–water partition coefficient (Wildman–Crippen LogP) is 16.9. The fourth-order valence-electron chi connectivity index (χ4n) is 13.5. The van der Waals surface area contributed by atoms with Crippen LogP contribution < -0.4 is 46.1 Å². The Morgan fingerprint density at radius 1 is 0.230 bits per heavy atom. The van der Waals surface area contributed by atoms with E-state index in [-0.39, 0.29) is 0 Å². The number of ether oxygens (including phenoxy) is 3. The van der Waals surface area contributed by atoms with Crippen LogP contribution in [0.15, 0.2) is 218 Å². The van der Waals surface area contributed by atoms with Gasteiger partial charge in [-0.3, -0.25) is 0 Å². The van der Waals surface area contributed by atoms with E-state index < -0.39 is 0 Å². The van der Waals surface area contributed by atoms with Crippen molar-refractivity contribution < 1.29 is 14.2 Å². The van der Waals surface area contributed by atoms with Gasteiger partial charge in [0, 0.05) is 92.2 Å². The molecule has 12 heterocycles. The van der Waals surface area contributed by atoms with E-state index in [1.165, 1.54) is 71.9 Å². The standard InChI is InChI=1S/C78H84N6O3/c1-4-16-67(17-5-1)85-76-46-61-40-43-64(76)52-82-73-25-13-10-22-70(73)79-50-56-30-36-59(37-31-56)62-41-44-66(77(47-62)86-68-18-6-2-7-19-68)54-84-75-27-15-12-24-72(75)81-51-57-32-38-60(39-33-57)63-42-45-65(78(48-63)87-69-20-8-3-9-21-69)53-83-74-26-14-11-23-71(74)80-49-55-28-34-58(61)35-29-55/h1-9,16-21,28-48,70-75,79-84H,10-15,22-27,49-54H2/t70-,71-,72-,73-,74-,75-/m1/s1. The molecule has 0 spiro atoms. The molecule has 12 aliphatic heterocycles. The summed E-state index contributed by atoms with van der Waals surface area (Å²) in [7, 11) is 0. The second-order valence-corrected chi connectivity index (χ2v) is 24.6. The number of hydrogen-bond donors (Lipinski definition) is 6. The third-order valence-electron chi connectivity index (χ3n) is 18.6. The summed E-state index contributed by atoms with van der Waals surface area (Å²) < 4.78 is 20.2. The number of benzene rings is 9. The van der Waals surface area contributed by atoms with Gasteiger partial charge in [-0.25, -0.2) is 0 Å². The first-order valence-electron chi connectivity index (χ1n) is 32.3. The summed E-state index contributed by atoms with van der Waals surface area (Å²) in [6.07, 6.45) is 14.2. The fraction of sp³-hybridized carbons (Fsp3) is 0.308. The molecular weight excluding hydrogens is 1070 g/mol. The smallest absolute Gasteiger partial charge is 0.132 e. The maximum atomic E-state index is 6.72. The predicted molar refractivity (Wildman–Crippen MR) is 354 cm³/mol. The van der Waals surface area contributed by atoms with E-state index in [0.717, 1.165) is 126 Å². The van der Waals surface area contributed by atoms with E-state index in [2.05, 4.69) is 159 Å². The fourth-order valence-corrected chi connectivity index (χ4v) is 13.5. The van der Waals surface area contributed by atoms with Crippen LogP contribution in [0.3, 0.4) is 0 Å². The Kier molecular flexibility index (Phi) is 19.2. The average Bonchev–Trinajstić information content (AvgIpc) is 3.43. The molecule has 9 aromatic carbocycles. The Balaban J connectivity index is 0.772. The first-order valence-corrected chi connectivity index (χ1v) is 32.3. The highest BCUT2D eigenvalue weighted by atomic mass is 16.5. The van der Waals surface area contributed by atoms with E-state index in [1.54, 1.807) is 0 Å². The van der Waals surface area contributed by atoms with E-state index in [9.17, 15) is 0 Å². The van der Waals surface area contributed by atoms with Crippen LogP contribution in [0.5, 0.6) is 34.5 Å². The molecule has 0 amide bonds. The molecule has 3 aliphatic carbocycles. The molecule has 444 valence electrons. The lowest BCUT2D eigenvalue weighted by atomic mass is 9.89. The van der Waals surface area contributed by atoms with Gasteiger partial charge in [-0.15, -0.1) is 0 Å². The highest BCUT2D eigenvalue weighted by molar-refractivity contribution is 5.69. The lowest BCUT2D eigenvalue weighted by Gasteiger charge is -2.33. The van der Waals surface area contributed by atoms with Gasteiger partial charge in [0.05, 0.1) is 0 Å². The SMILES string of the molecule is c1ccc(Oc2cc3ccc2CN[C@@H]2CCCC[C@H]2NCc2ccc(cc2)-c2ccc(c(Oc4ccccc4)c2)CN[C@@H]2CCCC[C@H]2NCc2ccc(cc2)-c2ccc(c(Oc4ccccc4)c2)CN[C@@H]2CCCC[C@H]2NCc2ccc-3cc2)cc1. The van der Waals surface area contributed by atoms with Crippen molar-refractivity contribution in [3.05, 3.63) is 252 Å². The van der Waals surface area contributed by atoms with Gasteiger partial charge in [-0.2, -0.15) is 0 Å². The molecule has 0 unspecified atom stereocenters. The number of rotatable bonds is 6. The van der Waals surface area contributed by atoms with E-state index >= 15 is 0 Å². The minimum atomic E-state index is 0.339. The highest BCUT2D eigenvalue weighted by Gasteiger charge is 2.28. The zero-order chi connectivity index (χ0) is 58.4. The van der Waals surface area contributed by atoms with Crippen LogP contribution in [0.4, 0.5) is 0 Å². The number of hydrogen-bond acceptors (Lipinski definition) is 9. The molecule has 3 saturated carbocycles. The van der Waals surface area contributed by atoms with Crippen molar-refractivity contribution in [3.63, 3.8) is 0 Å². The minimum Gasteiger partial charge on any atom is -0.457 e. The van der Waals surface area contributed by atoms with Gasteiger partial charge in [0.2, 0.25) is 0 Å². The van der Waals surface area contributed by atoms with E-state index in [1.807, 2.05) is 91.0 Å². The molecule has 6 N–H and O–H groups in total. The van der Waals surface area contributed by atoms with Crippen LogP contribution in [0.25, 0.3) is 33.4 Å². The second kappa shape index (κ2) is 28.8. The molecule has 87 heavy (non-hydrogen) atoms. The van der Waals surface area contributed by atoms with Crippen LogP contribution in [0, 0.1) is 0 Å². The first kappa shape index (κ1) is 58.2. The van der Waals surface area contributed by atoms with Gasteiger partial charge in [-0.1, -0.05) is 202 Å². The largest absolute Gasteiger partial charge is 0.457 e. The van der Waals surface area contributed by atoms with Crippen LogP contribution in [0.1, 0.15) is 110 Å². The normalized spacial score (nSPS) is 21.4. The monoisotopic (exact) mass is 1150 g/mol. The summed E-state index contributed by atoms with van der Waals surface area (Å²) >= 11 is 0. The van der Waals surface area contributed by atoms with E-state index in [0.29, 0.717) is 55.9 Å². The lowest BCUT2D eigenvalue weighted by Crippen LogP contribution is -2.49. The topological polar surface area (TPSA) is 99.9 Å². The maximum Gasteiger partial charge on any atom is 0.132 e. The molecule has 9 aromatic rings. The minimum absolute atomic E-state index is 0.339. The van der Waals surface area contributed by atoms with Gasteiger partial charge >= 0.3 is 0 Å². The summed E-state index contributed by atoms with van der Waals surface area (Å²) in [4.78, 5) is 0. The van der Waals surface area contributed by atoms with Crippen molar-refractivity contribution in [1.29, 1.82) is 0 Å². The third kappa shape index (κ3) is 15.3. The molecule has 3 fully saturated rings. The molecule has 24 rings (SSSR count). The lowest BCUT2D eigenvalue weighted by molar-refractivity contribution is 0.280. The first-order chi connectivity index (χ1) is 43.0. The molecule has 0 saturated heterocycles. The molecule has 15 aliphatic rings. The summed E-state index contributed by atoms with van der Waals surface area (Å²) in [5.74, 6) is 5.16. The van der Waals surface area contributed by atoms with Gasteiger partial charge < -0.3 is 46.1 Å². The zero-order valence-corrected chi connectivity index (χ0v) is 50.2. The maximum absolute atomic E-state index is 6.72. The van der Waals surface area contributed by atoms with Crippen LogP contribution >= 0.6 is 0 Å². The molecule has 0 radical (unpaired) electrons. The Labute approximate surface area is 515 Å². The number of nitrogens with one attached hydrogen (secondary N) is 6. The van der Waals surface area contributed by atoms with Crippen molar-refractivity contribution >= 4 is 0 Å². The summed E-state index contributed by atoms with van der Waals surface area (Å²) in [6.45, 7) is 4.58. The molecule has 9 nitrogen and oxygen atoms in total. The molecule has 0 aromatic heterocycles. The summed E-state index contributed by atoms with van der Waals surface area (Å²) in [5, 5.41) is 24.0. The second-order valence-electron chi connectivity index (χ2n) is 24.6. The highest BCUT2D eigenvalue weighted by Crippen LogP contribution is 2.36. The third-order valence-corrected chi connectivity index (χ3v) is 18.6. The quantitative estimate of drug-likeness (QED) is 0.0972. The van der Waals surface area contributed by atoms with Crippen molar-refractivity contribution in [3.8, 4) is 67.9 Å². The zero-order valence-electron chi connectivity index (χ0n) is 50.2. The molecule has 12 bridgehead atoms. The van der Waals surface area contributed by atoms with Crippen molar-refractivity contribution in [2.24, 2.45) is 0 Å². The molecular formula is C78H84N6O3. The summed E-state index contributed by atoms with van der Waals surface area (Å²) in [5.41, 5.74) is 14.2. The van der Waals surface area contributed by atoms with Crippen molar-refractivity contribution in [1.82, 2.24) is 31.9 Å². The van der Waals surface area contributed by atoms with Crippen LogP contribution in [0.2, 0.25) is 0 Å². The van der Waals surface area contributed by atoms with Gasteiger partial charge in [0.15, 0.2) is 0 Å². The van der Waals surface area contributed by atoms with Gasteiger partial charge in [-0.05, 0) is 143 Å². The Hall–Kier alpha value is -7.86. The Morgan fingerprint density at radius 3 is 0.713 bits per heavy atom. The van der Waals surface area contributed by atoms with Crippen LogP contribution in [-0.2, 0) is 39.3 Å². The Morgan fingerprint density at radius 2 is 0.460 bits per heavy atom. The summed E-state index contributed by atoms with van der Waals surface area (Å²) in [6, 6.07) is 80.2. The van der Waals surface area contributed by atoms with Crippen molar-refractivity contribution in [2.45, 2.75) is 153 Å².